The highest BCUT2D eigenvalue weighted by Crippen LogP contribution is 2.19. The molecule has 2 rings (SSSR count). The summed E-state index contributed by atoms with van der Waals surface area (Å²) in [4.78, 5) is 3.82. The van der Waals surface area contributed by atoms with E-state index in [-0.39, 0.29) is 12.4 Å². The maximum absolute atomic E-state index is 13.7. The zero-order chi connectivity index (χ0) is 11.5. The zero-order valence-corrected chi connectivity index (χ0v) is 8.39. The average Bonchev–Trinajstić information content (AvgIpc) is 2.76. The van der Waals surface area contributed by atoms with Crippen LogP contribution in [0.3, 0.4) is 0 Å². The van der Waals surface area contributed by atoms with Crippen molar-refractivity contribution in [2.24, 2.45) is 5.73 Å². The zero-order valence-electron chi connectivity index (χ0n) is 8.39. The van der Waals surface area contributed by atoms with Crippen LogP contribution in [0.25, 0.3) is 5.69 Å². The Labute approximate surface area is 91.8 Å². The number of hydrogen-bond donors (Lipinski definition) is 1. The van der Waals surface area contributed by atoms with Crippen LogP contribution in [0, 0.1) is 17.1 Å². The lowest BCUT2D eigenvalue weighted by molar-refractivity contribution is 0.614. The van der Waals surface area contributed by atoms with Crippen molar-refractivity contribution in [2.45, 2.75) is 6.54 Å². The van der Waals surface area contributed by atoms with Crippen LogP contribution in [-0.4, -0.2) is 9.55 Å². The molecule has 0 aliphatic heterocycles. The number of halogens is 1. The molecule has 5 heteroatoms. The molecule has 4 nitrogen and oxygen atoms in total. The molecule has 2 aromatic rings. The van der Waals surface area contributed by atoms with Crippen LogP contribution in [-0.2, 0) is 6.54 Å². The molecule has 80 valence electrons. The average molecular weight is 216 g/mol. The summed E-state index contributed by atoms with van der Waals surface area (Å²) in [5.41, 5.74) is 6.46. The van der Waals surface area contributed by atoms with Crippen LogP contribution in [0.4, 0.5) is 4.39 Å². The van der Waals surface area contributed by atoms with Gasteiger partial charge in [-0.2, -0.15) is 5.26 Å². The normalized spacial score (nSPS) is 10.1. The van der Waals surface area contributed by atoms with Crippen molar-refractivity contribution in [3.8, 4) is 11.8 Å². The lowest BCUT2D eigenvalue weighted by Gasteiger charge is -2.10. The number of benzene rings is 1. The van der Waals surface area contributed by atoms with Crippen LogP contribution >= 0.6 is 0 Å². The molecular formula is C11H9FN4. The summed E-state index contributed by atoms with van der Waals surface area (Å²) < 4.78 is 15.1. The fraction of sp³-hybridized carbons (Fsp3) is 0.0909. The van der Waals surface area contributed by atoms with E-state index >= 15 is 0 Å². The van der Waals surface area contributed by atoms with Crippen molar-refractivity contribution in [3.05, 3.63) is 47.8 Å². The Balaban J connectivity index is 2.69. The molecule has 0 atom stereocenters. The Morgan fingerprint density at radius 2 is 2.31 bits per heavy atom. The quantitative estimate of drug-likeness (QED) is 0.823. The van der Waals surface area contributed by atoms with E-state index in [2.05, 4.69) is 4.98 Å². The lowest BCUT2D eigenvalue weighted by atomic mass is 10.1. The summed E-state index contributed by atoms with van der Waals surface area (Å²) in [5.74, 6) is -0.280. The Morgan fingerprint density at radius 3 is 3.00 bits per heavy atom. The number of para-hydroxylation sites is 1. The van der Waals surface area contributed by atoms with Crippen molar-refractivity contribution in [2.75, 3.05) is 0 Å². The number of imidazole rings is 1. The predicted octanol–water partition coefficient (Wildman–Crippen LogP) is 1.34. The summed E-state index contributed by atoms with van der Waals surface area (Å²) in [7, 11) is 0. The van der Waals surface area contributed by atoms with E-state index in [0.29, 0.717) is 11.3 Å². The van der Waals surface area contributed by atoms with E-state index < -0.39 is 5.82 Å². The van der Waals surface area contributed by atoms with Gasteiger partial charge in [-0.25, -0.2) is 9.37 Å². The van der Waals surface area contributed by atoms with Gasteiger partial charge >= 0.3 is 0 Å². The molecule has 0 bridgehead atoms. The minimum Gasteiger partial charge on any atom is -0.326 e. The second-order valence-corrected chi connectivity index (χ2v) is 3.18. The molecule has 0 spiro atoms. The van der Waals surface area contributed by atoms with Crippen LogP contribution in [0.15, 0.2) is 30.6 Å². The van der Waals surface area contributed by atoms with E-state index in [1.54, 1.807) is 12.1 Å². The number of nitrogens with zero attached hydrogens (tertiary/aromatic N) is 3. The second-order valence-electron chi connectivity index (χ2n) is 3.18. The maximum atomic E-state index is 13.7. The number of aromatic nitrogens is 2. The molecule has 1 aromatic heterocycles. The van der Waals surface area contributed by atoms with E-state index in [9.17, 15) is 4.39 Å². The van der Waals surface area contributed by atoms with E-state index in [0.717, 1.165) is 0 Å². The molecule has 0 saturated heterocycles. The van der Waals surface area contributed by atoms with Gasteiger partial charge in [0.1, 0.15) is 11.9 Å². The minimum atomic E-state index is -0.419. The molecule has 0 aliphatic carbocycles. The van der Waals surface area contributed by atoms with Crippen molar-refractivity contribution >= 4 is 0 Å². The van der Waals surface area contributed by atoms with Gasteiger partial charge < -0.3 is 5.73 Å². The Hall–Kier alpha value is -2.19. The SMILES string of the molecule is N#Cc1nccn1-c1c(F)cccc1CN. The molecule has 0 fully saturated rings. The van der Waals surface area contributed by atoms with Gasteiger partial charge in [0.05, 0.1) is 5.69 Å². The van der Waals surface area contributed by atoms with Gasteiger partial charge in [-0.1, -0.05) is 12.1 Å². The summed E-state index contributed by atoms with van der Waals surface area (Å²) in [5, 5.41) is 8.84. The van der Waals surface area contributed by atoms with Gasteiger partial charge in [-0.15, -0.1) is 0 Å². The van der Waals surface area contributed by atoms with Gasteiger partial charge in [0.2, 0.25) is 5.82 Å². The van der Waals surface area contributed by atoms with Crippen LogP contribution in [0.2, 0.25) is 0 Å². The largest absolute Gasteiger partial charge is 0.326 e. The fourth-order valence-corrected chi connectivity index (χ4v) is 1.56. The third-order valence-corrected chi connectivity index (χ3v) is 2.27. The van der Waals surface area contributed by atoms with Gasteiger partial charge in [0.25, 0.3) is 0 Å². The van der Waals surface area contributed by atoms with Crippen molar-refractivity contribution in [1.82, 2.24) is 9.55 Å². The van der Waals surface area contributed by atoms with E-state index in [4.69, 9.17) is 11.0 Å². The first-order valence-electron chi connectivity index (χ1n) is 4.69. The topological polar surface area (TPSA) is 67.6 Å². The molecule has 1 heterocycles. The van der Waals surface area contributed by atoms with E-state index in [1.807, 2.05) is 6.07 Å². The standard InChI is InChI=1S/C11H9FN4/c12-9-3-1-2-8(6-13)11(9)16-5-4-15-10(16)7-14/h1-5H,6,13H2. The first-order valence-corrected chi connectivity index (χ1v) is 4.69. The highest BCUT2D eigenvalue weighted by molar-refractivity contribution is 5.44. The van der Waals surface area contributed by atoms with Crippen LogP contribution < -0.4 is 5.73 Å². The first kappa shape index (κ1) is 10.3. The number of rotatable bonds is 2. The Morgan fingerprint density at radius 1 is 1.50 bits per heavy atom. The fourth-order valence-electron chi connectivity index (χ4n) is 1.56. The van der Waals surface area contributed by atoms with Crippen molar-refractivity contribution in [1.29, 1.82) is 5.26 Å². The molecule has 0 aliphatic rings. The maximum Gasteiger partial charge on any atom is 0.217 e. The summed E-state index contributed by atoms with van der Waals surface area (Å²) in [6.45, 7) is 0.205. The summed E-state index contributed by atoms with van der Waals surface area (Å²) in [6.07, 6.45) is 2.99. The molecule has 1 aromatic carbocycles. The molecule has 0 unspecified atom stereocenters. The minimum absolute atomic E-state index is 0.139. The third kappa shape index (κ3) is 1.55. The van der Waals surface area contributed by atoms with Crippen molar-refractivity contribution in [3.63, 3.8) is 0 Å². The van der Waals surface area contributed by atoms with Crippen LogP contribution in [0.5, 0.6) is 0 Å². The smallest absolute Gasteiger partial charge is 0.217 e. The van der Waals surface area contributed by atoms with E-state index in [1.165, 1.54) is 23.0 Å². The molecule has 0 amide bonds. The first-order chi connectivity index (χ1) is 7.77. The number of nitrogens with two attached hydrogens (primary N) is 1. The van der Waals surface area contributed by atoms with Crippen LogP contribution in [0.1, 0.15) is 11.4 Å². The molecule has 16 heavy (non-hydrogen) atoms. The summed E-state index contributed by atoms with van der Waals surface area (Å²) in [6, 6.07) is 6.54. The Kier molecular flexibility index (Phi) is 2.66. The second kappa shape index (κ2) is 4.13. The van der Waals surface area contributed by atoms with Crippen molar-refractivity contribution < 1.29 is 4.39 Å². The Bertz CT molecular complexity index is 553. The van der Waals surface area contributed by atoms with Gasteiger partial charge in [-0.3, -0.25) is 4.57 Å². The third-order valence-electron chi connectivity index (χ3n) is 2.27. The van der Waals surface area contributed by atoms with Gasteiger partial charge in [0, 0.05) is 18.9 Å². The number of hydrogen-bond acceptors (Lipinski definition) is 3. The molecular weight excluding hydrogens is 207 g/mol. The molecule has 0 radical (unpaired) electrons. The highest BCUT2D eigenvalue weighted by Gasteiger charge is 2.12. The molecule has 2 N–H and O–H groups in total. The summed E-state index contributed by atoms with van der Waals surface area (Å²) >= 11 is 0. The lowest BCUT2D eigenvalue weighted by Crippen LogP contribution is -2.07. The van der Waals surface area contributed by atoms with Gasteiger partial charge in [0.15, 0.2) is 0 Å². The number of nitriles is 1. The highest BCUT2D eigenvalue weighted by atomic mass is 19.1. The predicted molar refractivity (Wildman–Crippen MR) is 56.1 cm³/mol. The van der Waals surface area contributed by atoms with Gasteiger partial charge in [-0.05, 0) is 11.6 Å². The monoisotopic (exact) mass is 216 g/mol. The molecule has 0 saturated carbocycles.